The topological polar surface area (TPSA) is 50.8 Å². The first kappa shape index (κ1) is 15.2. The molecule has 1 heterocycles. The molecule has 1 aromatic rings. The summed E-state index contributed by atoms with van der Waals surface area (Å²) >= 11 is 0. The second-order valence-electron chi connectivity index (χ2n) is 4.92. The van der Waals surface area contributed by atoms with E-state index in [1.54, 1.807) is 18.2 Å². The number of hydrogen-bond donors (Lipinski definition) is 1. The van der Waals surface area contributed by atoms with Crippen molar-refractivity contribution >= 4 is 5.96 Å². The van der Waals surface area contributed by atoms with Gasteiger partial charge in [-0.2, -0.15) is 0 Å². The Labute approximate surface area is 120 Å². The highest BCUT2D eigenvalue weighted by Gasteiger charge is 2.39. The van der Waals surface area contributed by atoms with E-state index >= 15 is 0 Å². The first-order valence-corrected chi connectivity index (χ1v) is 6.31. The summed E-state index contributed by atoms with van der Waals surface area (Å²) in [5.41, 5.74) is 6.15. The molecule has 2 rings (SSSR count). The van der Waals surface area contributed by atoms with Crippen LogP contribution in [0, 0.1) is 0 Å². The lowest BCUT2D eigenvalue weighted by atomic mass is 9.91. The Morgan fingerprint density at radius 1 is 1.43 bits per heavy atom. The Morgan fingerprint density at radius 3 is 2.57 bits per heavy atom. The Kier molecular flexibility index (Phi) is 3.85. The number of rotatable bonds is 4. The van der Waals surface area contributed by atoms with Gasteiger partial charge in [-0.1, -0.05) is 18.2 Å². The molecule has 0 radical (unpaired) electrons. The van der Waals surface area contributed by atoms with Gasteiger partial charge < -0.3 is 15.4 Å². The average Bonchev–Trinajstić information content (AvgIpc) is 2.68. The largest absolute Gasteiger partial charge is 0.573 e. The number of nitrogens with two attached hydrogens (primary N) is 1. The van der Waals surface area contributed by atoms with Crippen molar-refractivity contribution in [2.45, 2.75) is 18.8 Å². The lowest BCUT2D eigenvalue weighted by Crippen LogP contribution is -2.47. The highest BCUT2D eigenvalue weighted by molar-refractivity contribution is 5.81. The molecule has 0 aromatic heterocycles. The third-order valence-corrected chi connectivity index (χ3v) is 3.44. The summed E-state index contributed by atoms with van der Waals surface area (Å²) in [5, 5.41) is 0. The van der Waals surface area contributed by atoms with E-state index in [0.717, 1.165) is 5.56 Å². The summed E-state index contributed by atoms with van der Waals surface area (Å²) in [6.45, 7) is 6.55. The van der Waals surface area contributed by atoms with Gasteiger partial charge in [0, 0.05) is 6.54 Å². The zero-order chi connectivity index (χ0) is 15.7. The van der Waals surface area contributed by atoms with Gasteiger partial charge in [-0.05, 0) is 24.6 Å². The Balaban J connectivity index is 2.23. The van der Waals surface area contributed by atoms with Crippen LogP contribution in [0.1, 0.15) is 12.5 Å². The van der Waals surface area contributed by atoms with E-state index in [4.69, 9.17) is 5.73 Å². The van der Waals surface area contributed by atoms with E-state index in [1.807, 2.05) is 11.8 Å². The number of aliphatic imine (C=N–C) groups is 1. The van der Waals surface area contributed by atoms with Crippen molar-refractivity contribution in [3.8, 4) is 5.75 Å². The van der Waals surface area contributed by atoms with Crippen LogP contribution in [0.15, 0.2) is 41.9 Å². The van der Waals surface area contributed by atoms with Gasteiger partial charge in [0.2, 0.25) is 0 Å². The average molecular weight is 299 g/mol. The summed E-state index contributed by atoms with van der Waals surface area (Å²) in [7, 11) is 0. The second kappa shape index (κ2) is 5.31. The fraction of sp³-hybridized carbons (Fsp3) is 0.357. The van der Waals surface area contributed by atoms with Crippen molar-refractivity contribution in [2.75, 3.05) is 13.1 Å². The van der Waals surface area contributed by atoms with Gasteiger partial charge in [-0.3, -0.25) is 4.99 Å². The van der Waals surface area contributed by atoms with Crippen LogP contribution in [-0.4, -0.2) is 30.3 Å². The number of hydrogen-bond acceptors (Lipinski definition) is 4. The third-order valence-electron chi connectivity index (χ3n) is 3.44. The normalized spacial score (nSPS) is 22.1. The van der Waals surface area contributed by atoms with E-state index in [0.29, 0.717) is 19.0 Å². The maximum atomic E-state index is 12.2. The first-order valence-electron chi connectivity index (χ1n) is 6.31. The zero-order valence-corrected chi connectivity index (χ0v) is 11.5. The molecule has 0 aliphatic carbocycles. The van der Waals surface area contributed by atoms with Crippen molar-refractivity contribution in [3.05, 3.63) is 42.5 Å². The number of halogens is 3. The minimum Gasteiger partial charge on any atom is -0.406 e. The number of benzene rings is 1. The maximum Gasteiger partial charge on any atom is 0.573 e. The molecule has 0 saturated heterocycles. The van der Waals surface area contributed by atoms with Gasteiger partial charge >= 0.3 is 6.36 Å². The zero-order valence-electron chi connectivity index (χ0n) is 11.5. The first-order chi connectivity index (χ1) is 9.76. The number of alkyl halides is 3. The summed E-state index contributed by atoms with van der Waals surface area (Å²) in [6.07, 6.45) is -2.99. The van der Waals surface area contributed by atoms with E-state index in [9.17, 15) is 13.2 Å². The van der Waals surface area contributed by atoms with Crippen LogP contribution < -0.4 is 10.5 Å². The molecular formula is C14H16F3N3O. The van der Waals surface area contributed by atoms with Crippen LogP contribution in [0.4, 0.5) is 13.2 Å². The molecule has 7 heteroatoms. The molecule has 0 bridgehead atoms. The predicted octanol–water partition coefficient (Wildman–Crippen LogP) is 2.62. The second-order valence-corrected chi connectivity index (χ2v) is 4.92. The van der Waals surface area contributed by atoms with Crippen molar-refractivity contribution in [1.29, 1.82) is 0 Å². The van der Waals surface area contributed by atoms with Crippen molar-refractivity contribution in [2.24, 2.45) is 10.7 Å². The molecule has 0 saturated carbocycles. The lowest BCUT2D eigenvalue weighted by molar-refractivity contribution is -0.274. The maximum absolute atomic E-state index is 12.2. The summed E-state index contributed by atoms with van der Waals surface area (Å²) in [5.74, 6) is 0.144. The molecule has 21 heavy (non-hydrogen) atoms. The third kappa shape index (κ3) is 3.12. The Bertz CT molecular complexity index is 554. The minimum absolute atomic E-state index is 0.253. The van der Waals surface area contributed by atoms with Crippen LogP contribution in [0.3, 0.4) is 0 Å². The van der Waals surface area contributed by atoms with Crippen LogP contribution in [0.25, 0.3) is 0 Å². The number of ether oxygens (including phenoxy) is 1. The predicted molar refractivity (Wildman–Crippen MR) is 73.9 cm³/mol. The Hall–Kier alpha value is -2.18. The SMILES string of the molecule is C=CCN1C(N)=NCC1(C)c1ccc(OC(F)(F)F)cc1. The molecule has 0 spiro atoms. The summed E-state index contributed by atoms with van der Waals surface area (Å²) < 4.78 is 40.3. The molecule has 1 aliphatic heterocycles. The fourth-order valence-corrected chi connectivity index (χ4v) is 2.35. The smallest absolute Gasteiger partial charge is 0.406 e. The van der Waals surface area contributed by atoms with Crippen molar-refractivity contribution < 1.29 is 17.9 Å². The highest BCUT2D eigenvalue weighted by atomic mass is 19.4. The van der Waals surface area contributed by atoms with E-state index in [1.165, 1.54) is 12.1 Å². The van der Waals surface area contributed by atoms with Crippen molar-refractivity contribution in [3.63, 3.8) is 0 Å². The van der Waals surface area contributed by atoms with Gasteiger partial charge in [-0.25, -0.2) is 0 Å². The summed E-state index contributed by atoms with van der Waals surface area (Å²) in [6, 6.07) is 5.75. The molecule has 0 fully saturated rings. The van der Waals surface area contributed by atoms with Crippen molar-refractivity contribution in [1.82, 2.24) is 4.90 Å². The molecule has 1 atom stereocenters. The van der Waals surface area contributed by atoms with Gasteiger partial charge in [0.1, 0.15) is 5.75 Å². The van der Waals surface area contributed by atoms with Gasteiger partial charge in [0.15, 0.2) is 5.96 Å². The van der Waals surface area contributed by atoms with Gasteiger partial charge in [0.05, 0.1) is 12.1 Å². The molecule has 114 valence electrons. The van der Waals surface area contributed by atoms with Crippen LogP contribution in [-0.2, 0) is 5.54 Å². The van der Waals surface area contributed by atoms with E-state index in [2.05, 4.69) is 16.3 Å². The molecule has 4 nitrogen and oxygen atoms in total. The molecule has 1 aromatic carbocycles. The molecule has 1 aliphatic rings. The quantitative estimate of drug-likeness (QED) is 0.870. The Morgan fingerprint density at radius 2 is 2.05 bits per heavy atom. The van der Waals surface area contributed by atoms with E-state index < -0.39 is 11.9 Å². The van der Waals surface area contributed by atoms with Gasteiger partial charge in [-0.15, -0.1) is 19.8 Å². The molecule has 2 N–H and O–H groups in total. The standard InChI is InChI=1S/C14H16F3N3O/c1-3-8-20-12(18)19-9-13(20,2)10-4-6-11(7-5-10)21-14(15,16)17/h3-7H,1,8-9H2,2H3,(H2,18,19). The van der Waals surface area contributed by atoms with Crippen LogP contribution >= 0.6 is 0 Å². The monoisotopic (exact) mass is 299 g/mol. The molecular weight excluding hydrogens is 283 g/mol. The number of nitrogens with zero attached hydrogens (tertiary/aromatic N) is 2. The minimum atomic E-state index is -4.69. The number of guanidine groups is 1. The molecule has 1 unspecified atom stereocenters. The summed E-state index contributed by atoms with van der Waals surface area (Å²) in [4.78, 5) is 6.07. The molecule has 0 amide bonds. The highest BCUT2D eigenvalue weighted by Crippen LogP contribution is 2.34. The van der Waals surface area contributed by atoms with Crippen LogP contribution in [0.2, 0.25) is 0 Å². The van der Waals surface area contributed by atoms with Gasteiger partial charge in [0.25, 0.3) is 0 Å². The fourth-order valence-electron chi connectivity index (χ4n) is 2.35. The van der Waals surface area contributed by atoms with Crippen LogP contribution in [0.5, 0.6) is 5.75 Å². The lowest BCUT2D eigenvalue weighted by Gasteiger charge is -2.36. The van der Waals surface area contributed by atoms with E-state index in [-0.39, 0.29) is 5.75 Å².